The van der Waals surface area contributed by atoms with Gasteiger partial charge in [-0.3, -0.25) is 0 Å². The van der Waals surface area contributed by atoms with Gasteiger partial charge in [0.15, 0.2) is 5.58 Å². The number of unbranched alkanes of at least 4 members (excludes halogenated alkanes) is 1. The Morgan fingerprint density at radius 2 is 1.75 bits per heavy atom. The molecule has 32 heavy (non-hydrogen) atoms. The van der Waals surface area contributed by atoms with E-state index < -0.39 is 11.9 Å². The minimum Gasteiger partial charge on any atom is -0.494 e. The minimum absolute atomic E-state index is 0.114. The third-order valence-corrected chi connectivity index (χ3v) is 4.58. The fourth-order valence-corrected chi connectivity index (χ4v) is 2.96. The molecule has 2 aromatic carbocycles. The predicted molar refractivity (Wildman–Crippen MR) is 121 cm³/mol. The molecule has 3 aromatic rings. The first-order valence-electron chi connectivity index (χ1n) is 10.8. The summed E-state index contributed by atoms with van der Waals surface area (Å²) in [5.74, 6) is -0.112. The Hall–Kier alpha value is -3.61. The van der Waals surface area contributed by atoms with Gasteiger partial charge in [0.05, 0.1) is 25.4 Å². The number of fused-ring (bicyclic) bond motifs is 1. The molecule has 0 bridgehead atoms. The number of rotatable bonds is 10. The molecule has 0 atom stereocenters. The summed E-state index contributed by atoms with van der Waals surface area (Å²) in [5, 5.41) is 0. The lowest BCUT2D eigenvalue weighted by molar-refractivity contribution is -0.136. The number of hydrogen-bond donors (Lipinski definition) is 0. The highest BCUT2D eigenvalue weighted by Gasteiger charge is 2.21. The van der Waals surface area contributed by atoms with Gasteiger partial charge in [0, 0.05) is 0 Å². The smallest absolute Gasteiger partial charge is 0.343 e. The van der Waals surface area contributed by atoms with Crippen molar-refractivity contribution in [2.24, 2.45) is 0 Å². The van der Waals surface area contributed by atoms with Crippen LogP contribution in [0, 0.1) is 0 Å². The van der Waals surface area contributed by atoms with Crippen LogP contribution >= 0.6 is 0 Å². The van der Waals surface area contributed by atoms with Gasteiger partial charge in [0.1, 0.15) is 16.8 Å². The van der Waals surface area contributed by atoms with Crippen molar-refractivity contribution >= 4 is 34.7 Å². The van der Waals surface area contributed by atoms with Crippen LogP contribution in [0.25, 0.3) is 22.7 Å². The highest BCUT2D eigenvalue weighted by molar-refractivity contribution is 6.20. The van der Waals surface area contributed by atoms with E-state index in [2.05, 4.69) is 11.9 Å². The number of nitrogens with zero attached hydrogens (tertiary/aromatic N) is 1. The molecule has 0 saturated heterocycles. The zero-order valence-electron chi connectivity index (χ0n) is 18.6. The van der Waals surface area contributed by atoms with Gasteiger partial charge in [-0.15, -0.1) is 0 Å². The molecule has 3 rings (SSSR count). The molecule has 0 radical (unpaired) electrons. The Balaban J connectivity index is 1.92. The van der Waals surface area contributed by atoms with Crippen LogP contribution in [0.4, 0.5) is 0 Å². The van der Waals surface area contributed by atoms with E-state index in [0.29, 0.717) is 23.3 Å². The molecule has 0 N–H and O–H groups in total. The number of hydrogen-bond acceptors (Lipinski definition) is 7. The summed E-state index contributed by atoms with van der Waals surface area (Å²) in [5.41, 5.74) is 2.20. The Morgan fingerprint density at radius 1 is 1.00 bits per heavy atom. The Labute approximate surface area is 187 Å². The molecule has 1 heterocycles. The molecular formula is C25H27NO6. The second-order valence-electron chi connectivity index (χ2n) is 6.97. The fourth-order valence-electron chi connectivity index (χ4n) is 2.96. The van der Waals surface area contributed by atoms with Gasteiger partial charge in [-0.25, -0.2) is 14.6 Å². The van der Waals surface area contributed by atoms with Crippen LogP contribution in [0.5, 0.6) is 5.75 Å². The Morgan fingerprint density at radius 3 is 2.44 bits per heavy atom. The number of ether oxygens (including phenoxy) is 3. The number of aromatic nitrogens is 1. The van der Waals surface area contributed by atoms with Gasteiger partial charge < -0.3 is 18.6 Å². The summed E-state index contributed by atoms with van der Waals surface area (Å²) < 4.78 is 21.7. The number of esters is 2. The van der Waals surface area contributed by atoms with E-state index in [-0.39, 0.29) is 24.7 Å². The lowest BCUT2D eigenvalue weighted by atomic mass is 10.1. The van der Waals surface area contributed by atoms with Crippen molar-refractivity contribution in [3.8, 4) is 5.75 Å². The van der Waals surface area contributed by atoms with Gasteiger partial charge in [-0.1, -0.05) is 25.5 Å². The first-order valence-corrected chi connectivity index (χ1v) is 10.8. The van der Waals surface area contributed by atoms with Crippen LogP contribution in [-0.2, 0) is 14.3 Å². The van der Waals surface area contributed by atoms with E-state index in [1.165, 1.54) is 0 Å². The topological polar surface area (TPSA) is 87.9 Å². The van der Waals surface area contributed by atoms with E-state index in [4.69, 9.17) is 18.6 Å². The van der Waals surface area contributed by atoms with E-state index in [0.717, 1.165) is 24.2 Å². The van der Waals surface area contributed by atoms with Crippen molar-refractivity contribution < 1.29 is 28.2 Å². The largest absolute Gasteiger partial charge is 0.494 e. The quantitative estimate of drug-likeness (QED) is 0.242. The summed E-state index contributed by atoms with van der Waals surface area (Å²) in [6.07, 6.45) is 3.71. The molecule has 0 aliphatic heterocycles. The molecule has 0 aliphatic carbocycles. The van der Waals surface area contributed by atoms with Crippen LogP contribution < -0.4 is 4.74 Å². The predicted octanol–water partition coefficient (Wildman–Crippen LogP) is 5.29. The third kappa shape index (κ3) is 5.75. The lowest BCUT2D eigenvalue weighted by Gasteiger charge is -2.06. The number of carbonyl (C=O) groups is 2. The average Bonchev–Trinajstić information content (AvgIpc) is 3.22. The van der Waals surface area contributed by atoms with Gasteiger partial charge in [0.25, 0.3) is 0 Å². The normalized spacial score (nSPS) is 11.4. The zero-order valence-corrected chi connectivity index (χ0v) is 18.6. The molecule has 7 nitrogen and oxygen atoms in total. The molecular weight excluding hydrogens is 410 g/mol. The van der Waals surface area contributed by atoms with E-state index >= 15 is 0 Å². The highest BCUT2D eigenvalue weighted by Crippen LogP contribution is 2.26. The van der Waals surface area contributed by atoms with Crippen LogP contribution in [0.15, 0.2) is 46.9 Å². The maximum atomic E-state index is 12.6. The Kier molecular flexibility index (Phi) is 8.02. The summed E-state index contributed by atoms with van der Waals surface area (Å²) in [7, 11) is 0. The molecule has 0 amide bonds. The van der Waals surface area contributed by atoms with Crippen molar-refractivity contribution in [3.05, 3.63) is 59.5 Å². The van der Waals surface area contributed by atoms with Crippen molar-refractivity contribution in [1.29, 1.82) is 0 Å². The third-order valence-electron chi connectivity index (χ3n) is 4.58. The molecule has 1 aromatic heterocycles. The fraction of sp³-hybridized carbons (Fsp3) is 0.320. The minimum atomic E-state index is -0.548. The van der Waals surface area contributed by atoms with E-state index in [1.807, 2.05) is 24.3 Å². The van der Waals surface area contributed by atoms with Crippen LogP contribution in [0.3, 0.4) is 0 Å². The molecule has 0 spiro atoms. The SMILES string of the molecule is CCCCOc1ccc(/C=C(\C(=O)OCC)c2nc3cc(C(=O)OCC)ccc3o2)cc1. The summed E-state index contributed by atoms with van der Waals surface area (Å²) in [6.45, 7) is 6.74. The number of carbonyl (C=O) groups excluding carboxylic acids is 2. The molecule has 0 fully saturated rings. The van der Waals surface area contributed by atoms with Crippen molar-refractivity contribution in [2.45, 2.75) is 33.6 Å². The van der Waals surface area contributed by atoms with Crippen LogP contribution in [0.1, 0.15) is 55.4 Å². The molecule has 0 saturated carbocycles. The molecule has 0 unspecified atom stereocenters. The van der Waals surface area contributed by atoms with Gasteiger partial charge >= 0.3 is 11.9 Å². The monoisotopic (exact) mass is 437 g/mol. The number of oxazole rings is 1. The summed E-state index contributed by atoms with van der Waals surface area (Å²) in [6, 6.07) is 12.2. The lowest BCUT2D eigenvalue weighted by Crippen LogP contribution is -2.07. The van der Waals surface area contributed by atoms with Gasteiger partial charge in [-0.2, -0.15) is 0 Å². The van der Waals surface area contributed by atoms with Crippen LogP contribution in [0.2, 0.25) is 0 Å². The molecule has 7 heteroatoms. The van der Waals surface area contributed by atoms with Crippen molar-refractivity contribution in [3.63, 3.8) is 0 Å². The first kappa shape index (κ1) is 23.1. The number of benzene rings is 2. The standard InChI is InChI=1S/C25H27NO6/c1-4-7-14-31-19-11-8-17(9-12-19)15-20(25(28)30-6-3)23-26-21-16-18(24(27)29-5-2)10-13-22(21)32-23/h8-13,15-16H,4-7,14H2,1-3H3/b20-15-. The highest BCUT2D eigenvalue weighted by atomic mass is 16.5. The van der Waals surface area contributed by atoms with Crippen LogP contribution in [-0.4, -0.2) is 36.7 Å². The molecule has 0 aliphatic rings. The maximum absolute atomic E-state index is 12.6. The van der Waals surface area contributed by atoms with Gasteiger partial charge in [0.2, 0.25) is 5.89 Å². The maximum Gasteiger partial charge on any atom is 0.343 e. The Bertz CT molecular complexity index is 1100. The second kappa shape index (κ2) is 11.1. The summed E-state index contributed by atoms with van der Waals surface area (Å²) in [4.78, 5) is 29.0. The first-order chi connectivity index (χ1) is 15.5. The van der Waals surface area contributed by atoms with E-state index in [9.17, 15) is 9.59 Å². The van der Waals surface area contributed by atoms with E-state index in [1.54, 1.807) is 38.1 Å². The van der Waals surface area contributed by atoms with Gasteiger partial charge in [-0.05, 0) is 62.2 Å². The second-order valence-corrected chi connectivity index (χ2v) is 6.97. The average molecular weight is 437 g/mol. The summed E-state index contributed by atoms with van der Waals surface area (Å²) >= 11 is 0. The molecule has 168 valence electrons. The van der Waals surface area contributed by atoms with Crippen molar-refractivity contribution in [2.75, 3.05) is 19.8 Å². The van der Waals surface area contributed by atoms with Crippen molar-refractivity contribution in [1.82, 2.24) is 4.98 Å². The zero-order chi connectivity index (χ0) is 22.9.